The van der Waals surface area contributed by atoms with E-state index in [4.69, 9.17) is 27.9 Å². The SMILES string of the molecule is CC(NC(=O)COc1ncnc2c(Cl)cc(Cl)cc12)C1CC2CCC1C2. The molecule has 0 saturated heterocycles. The monoisotopic (exact) mass is 393 g/mol. The quantitative estimate of drug-likeness (QED) is 0.823. The fourth-order valence-electron chi connectivity index (χ4n) is 4.63. The molecule has 5 nitrogen and oxygen atoms in total. The molecule has 2 aromatic rings. The van der Waals surface area contributed by atoms with Crippen LogP contribution in [0.4, 0.5) is 0 Å². The minimum Gasteiger partial charge on any atom is -0.467 e. The smallest absolute Gasteiger partial charge is 0.258 e. The Morgan fingerprint density at radius 3 is 2.88 bits per heavy atom. The highest BCUT2D eigenvalue weighted by atomic mass is 35.5. The first-order chi connectivity index (χ1) is 12.5. The Hall–Kier alpha value is -1.59. The first-order valence-electron chi connectivity index (χ1n) is 9.03. The van der Waals surface area contributed by atoms with E-state index in [9.17, 15) is 4.79 Å². The summed E-state index contributed by atoms with van der Waals surface area (Å²) in [5, 5.41) is 4.58. The number of benzene rings is 1. The molecule has 26 heavy (non-hydrogen) atoms. The molecular weight excluding hydrogens is 373 g/mol. The number of fused-ring (bicyclic) bond motifs is 3. The second kappa shape index (κ2) is 7.20. The van der Waals surface area contributed by atoms with Crippen molar-refractivity contribution >= 4 is 40.0 Å². The number of nitrogens with zero attached hydrogens (tertiary/aromatic N) is 2. The highest BCUT2D eigenvalue weighted by Crippen LogP contribution is 2.49. The Balaban J connectivity index is 1.39. The summed E-state index contributed by atoms with van der Waals surface area (Å²) in [6.45, 7) is 2.00. The third-order valence-corrected chi connectivity index (χ3v) is 6.29. The zero-order chi connectivity index (χ0) is 18.3. The van der Waals surface area contributed by atoms with E-state index < -0.39 is 0 Å². The highest BCUT2D eigenvalue weighted by Gasteiger charge is 2.42. The predicted octanol–water partition coefficient (Wildman–Crippen LogP) is 4.26. The summed E-state index contributed by atoms with van der Waals surface area (Å²) < 4.78 is 5.64. The van der Waals surface area contributed by atoms with E-state index in [1.54, 1.807) is 12.1 Å². The molecule has 1 aromatic heterocycles. The van der Waals surface area contributed by atoms with E-state index in [0.717, 1.165) is 11.8 Å². The molecule has 2 saturated carbocycles. The number of hydrogen-bond donors (Lipinski definition) is 1. The van der Waals surface area contributed by atoms with Crippen molar-refractivity contribution in [2.24, 2.45) is 17.8 Å². The Labute approximate surface area is 162 Å². The van der Waals surface area contributed by atoms with Gasteiger partial charge in [-0.05, 0) is 56.1 Å². The van der Waals surface area contributed by atoms with Crippen molar-refractivity contribution in [2.75, 3.05) is 6.61 Å². The maximum Gasteiger partial charge on any atom is 0.258 e. The van der Waals surface area contributed by atoms with E-state index >= 15 is 0 Å². The van der Waals surface area contributed by atoms with Gasteiger partial charge in [0.05, 0.1) is 15.9 Å². The Morgan fingerprint density at radius 1 is 1.31 bits per heavy atom. The molecule has 2 aliphatic carbocycles. The molecule has 1 amide bonds. The lowest BCUT2D eigenvalue weighted by atomic mass is 9.84. The van der Waals surface area contributed by atoms with Gasteiger partial charge in [0.15, 0.2) is 6.61 Å². The number of nitrogens with one attached hydrogen (secondary N) is 1. The lowest BCUT2D eigenvalue weighted by Gasteiger charge is -2.28. The van der Waals surface area contributed by atoms with Crippen LogP contribution in [0.3, 0.4) is 0 Å². The number of ether oxygens (including phenoxy) is 1. The zero-order valence-electron chi connectivity index (χ0n) is 14.5. The fourth-order valence-corrected chi connectivity index (χ4v) is 5.17. The third-order valence-electron chi connectivity index (χ3n) is 5.78. The Kier molecular flexibility index (Phi) is 4.93. The molecule has 0 aliphatic heterocycles. The molecule has 1 heterocycles. The summed E-state index contributed by atoms with van der Waals surface area (Å²) in [6, 6.07) is 3.48. The molecule has 2 aliphatic rings. The number of carbonyl (C=O) groups is 1. The minimum absolute atomic E-state index is 0.0958. The molecule has 138 valence electrons. The van der Waals surface area contributed by atoms with Crippen molar-refractivity contribution in [2.45, 2.75) is 38.6 Å². The van der Waals surface area contributed by atoms with Gasteiger partial charge in [0.25, 0.3) is 5.91 Å². The van der Waals surface area contributed by atoms with E-state index in [2.05, 4.69) is 22.2 Å². The summed E-state index contributed by atoms with van der Waals surface area (Å²) in [5.74, 6) is 2.39. The number of carbonyl (C=O) groups excluding carboxylic acids is 1. The Bertz CT molecular complexity index is 845. The second-order valence-corrected chi connectivity index (χ2v) is 8.29. The first-order valence-corrected chi connectivity index (χ1v) is 9.78. The van der Waals surface area contributed by atoms with E-state index in [0.29, 0.717) is 32.7 Å². The topological polar surface area (TPSA) is 64.1 Å². The summed E-state index contributed by atoms with van der Waals surface area (Å²) in [6.07, 6.45) is 6.60. The van der Waals surface area contributed by atoms with Gasteiger partial charge in [-0.3, -0.25) is 4.79 Å². The summed E-state index contributed by atoms with van der Waals surface area (Å²) >= 11 is 12.2. The van der Waals surface area contributed by atoms with Gasteiger partial charge in [0, 0.05) is 11.1 Å². The lowest BCUT2D eigenvalue weighted by Crippen LogP contribution is -2.42. The zero-order valence-corrected chi connectivity index (χ0v) is 16.1. The highest BCUT2D eigenvalue weighted by molar-refractivity contribution is 6.38. The standard InChI is InChI=1S/C19H21Cl2N3O2/c1-10(14-5-11-2-3-12(14)4-11)24-17(25)8-26-19-15-6-13(20)7-16(21)18(15)22-9-23-19/h6-7,9-12,14H,2-5,8H2,1H3,(H,24,25). The number of amides is 1. The summed E-state index contributed by atoms with van der Waals surface area (Å²) in [7, 11) is 0. The van der Waals surface area contributed by atoms with Crippen LogP contribution in [-0.4, -0.2) is 28.5 Å². The maximum atomic E-state index is 12.3. The van der Waals surface area contributed by atoms with E-state index in [1.165, 1.54) is 32.0 Å². The van der Waals surface area contributed by atoms with Gasteiger partial charge in [-0.25, -0.2) is 9.97 Å². The van der Waals surface area contributed by atoms with Crippen LogP contribution in [0.15, 0.2) is 18.5 Å². The third kappa shape index (κ3) is 3.47. The average Bonchev–Trinajstić information content (AvgIpc) is 3.23. The van der Waals surface area contributed by atoms with Crippen LogP contribution in [-0.2, 0) is 4.79 Å². The van der Waals surface area contributed by atoms with Gasteiger partial charge in [0.1, 0.15) is 6.33 Å². The van der Waals surface area contributed by atoms with Crippen LogP contribution < -0.4 is 10.1 Å². The molecule has 7 heteroatoms. The van der Waals surface area contributed by atoms with Gasteiger partial charge < -0.3 is 10.1 Å². The summed E-state index contributed by atoms with van der Waals surface area (Å²) in [4.78, 5) is 20.6. The molecule has 1 aromatic carbocycles. The van der Waals surface area contributed by atoms with Crippen LogP contribution in [0.1, 0.15) is 32.6 Å². The van der Waals surface area contributed by atoms with Crippen LogP contribution in [0.25, 0.3) is 10.9 Å². The predicted molar refractivity (Wildman–Crippen MR) is 102 cm³/mol. The van der Waals surface area contributed by atoms with Crippen molar-refractivity contribution in [3.05, 3.63) is 28.5 Å². The molecule has 2 fully saturated rings. The van der Waals surface area contributed by atoms with Crippen molar-refractivity contribution < 1.29 is 9.53 Å². The van der Waals surface area contributed by atoms with Crippen LogP contribution in [0.2, 0.25) is 10.0 Å². The number of rotatable bonds is 5. The molecule has 4 atom stereocenters. The van der Waals surface area contributed by atoms with Gasteiger partial charge in [-0.15, -0.1) is 0 Å². The first kappa shape index (κ1) is 17.8. The largest absolute Gasteiger partial charge is 0.467 e. The minimum atomic E-state index is -0.139. The van der Waals surface area contributed by atoms with E-state index in [1.807, 2.05) is 0 Å². The molecule has 0 spiro atoms. The van der Waals surface area contributed by atoms with Crippen LogP contribution in [0.5, 0.6) is 5.88 Å². The molecule has 0 radical (unpaired) electrons. The van der Waals surface area contributed by atoms with Crippen molar-refractivity contribution in [3.63, 3.8) is 0 Å². The number of aromatic nitrogens is 2. The normalized spacial score (nSPS) is 25.4. The average molecular weight is 394 g/mol. The second-order valence-electron chi connectivity index (χ2n) is 7.45. The van der Waals surface area contributed by atoms with Gasteiger partial charge in [-0.1, -0.05) is 29.6 Å². The van der Waals surface area contributed by atoms with E-state index in [-0.39, 0.29) is 18.6 Å². The molecule has 4 unspecified atom stereocenters. The molecular formula is C19H21Cl2N3O2. The van der Waals surface area contributed by atoms with Gasteiger partial charge in [-0.2, -0.15) is 0 Å². The lowest BCUT2D eigenvalue weighted by molar-refractivity contribution is -0.124. The molecule has 2 bridgehead atoms. The fraction of sp³-hybridized carbons (Fsp3) is 0.526. The van der Waals surface area contributed by atoms with Crippen molar-refractivity contribution in [1.29, 1.82) is 0 Å². The summed E-state index contributed by atoms with van der Waals surface area (Å²) in [5.41, 5.74) is 0.553. The van der Waals surface area contributed by atoms with Crippen molar-refractivity contribution in [3.8, 4) is 5.88 Å². The van der Waals surface area contributed by atoms with Crippen LogP contribution >= 0.6 is 23.2 Å². The maximum absolute atomic E-state index is 12.3. The number of halogens is 2. The Morgan fingerprint density at radius 2 is 2.15 bits per heavy atom. The number of hydrogen-bond acceptors (Lipinski definition) is 4. The molecule has 1 N–H and O–H groups in total. The van der Waals surface area contributed by atoms with Crippen molar-refractivity contribution in [1.82, 2.24) is 15.3 Å². The van der Waals surface area contributed by atoms with Crippen LogP contribution in [0, 0.1) is 17.8 Å². The van der Waals surface area contributed by atoms with Gasteiger partial charge in [0.2, 0.25) is 5.88 Å². The molecule has 4 rings (SSSR count). The van der Waals surface area contributed by atoms with Gasteiger partial charge >= 0.3 is 0 Å².